The highest BCUT2D eigenvalue weighted by Gasteiger charge is 2.17. The molecule has 1 aliphatic rings. The summed E-state index contributed by atoms with van der Waals surface area (Å²) in [5.74, 6) is 1.67. The van der Waals surface area contributed by atoms with Crippen LogP contribution in [0.25, 0.3) is 0 Å². The summed E-state index contributed by atoms with van der Waals surface area (Å²) in [7, 11) is 1.99. The molecule has 1 N–H and O–H groups in total. The largest absolute Gasteiger partial charge is 0.486 e. The molecule has 0 bridgehead atoms. The van der Waals surface area contributed by atoms with E-state index in [-0.39, 0.29) is 6.04 Å². The van der Waals surface area contributed by atoms with E-state index in [4.69, 9.17) is 9.47 Å². The van der Waals surface area contributed by atoms with Crippen molar-refractivity contribution in [3.8, 4) is 11.5 Å². The molecule has 2 aromatic carbocycles. The summed E-state index contributed by atoms with van der Waals surface area (Å²) >= 11 is 0. The maximum absolute atomic E-state index is 5.69. The van der Waals surface area contributed by atoms with E-state index >= 15 is 0 Å². The summed E-state index contributed by atoms with van der Waals surface area (Å²) in [4.78, 5) is 0. The van der Waals surface area contributed by atoms with E-state index in [1.165, 1.54) is 22.3 Å². The average molecular weight is 283 g/mol. The van der Waals surface area contributed by atoms with Gasteiger partial charge < -0.3 is 14.8 Å². The molecule has 1 atom stereocenters. The van der Waals surface area contributed by atoms with Crippen molar-refractivity contribution in [2.75, 3.05) is 20.3 Å². The van der Waals surface area contributed by atoms with E-state index in [1.807, 2.05) is 13.1 Å². The third-order valence-corrected chi connectivity index (χ3v) is 3.77. The summed E-state index contributed by atoms with van der Waals surface area (Å²) < 4.78 is 11.3. The molecule has 0 aliphatic carbocycles. The molecule has 0 radical (unpaired) electrons. The lowest BCUT2D eigenvalue weighted by Crippen LogP contribution is -2.19. The lowest BCUT2D eigenvalue weighted by atomic mass is 9.95. The summed E-state index contributed by atoms with van der Waals surface area (Å²) in [6.45, 7) is 5.50. The van der Waals surface area contributed by atoms with Gasteiger partial charge in [-0.05, 0) is 44.2 Å². The van der Waals surface area contributed by atoms with Crippen LogP contribution in [0.1, 0.15) is 28.3 Å². The van der Waals surface area contributed by atoms with Gasteiger partial charge in [0, 0.05) is 0 Å². The molecular weight excluding hydrogens is 262 g/mol. The Hall–Kier alpha value is -2.00. The number of hydrogen-bond acceptors (Lipinski definition) is 3. The van der Waals surface area contributed by atoms with Gasteiger partial charge in [0.05, 0.1) is 6.04 Å². The molecule has 110 valence electrons. The van der Waals surface area contributed by atoms with E-state index in [9.17, 15) is 0 Å². The molecular formula is C18H21NO2. The van der Waals surface area contributed by atoms with Gasteiger partial charge in [-0.25, -0.2) is 0 Å². The van der Waals surface area contributed by atoms with Crippen LogP contribution in [0.5, 0.6) is 11.5 Å². The van der Waals surface area contributed by atoms with E-state index in [1.54, 1.807) is 0 Å². The molecule has 1 unspecified atom stereocenters. The van der Waals surface area contributed by atoms with Crippen LogP contribution in [0.3, 0.4) is 0 Å². The van der Waals surface area contributed by atoms with Crippen molar-refractivity contribution < 1.29 is 9.47 Å². The van der Waals surface area contributed by atoms with Crippen molar-refractivity contribution in [3.63, 3.8) is 0 Å². The van der Waals surface area contributed by atoms with Crippen LogP contribution in [0, 0.1) is 13.8 Å². The second-order valence-electron chi connectivity index (χ2n) is 5.55. The summed E-state index contributed by atoms with van der Waals surface area (Å²) in [5.41, 5.74) is 5.02. The molecule has 3 nitrogen and oxygen atoms in total. The van der Waals surface area contributed by atoms with E-state index < -0.39 is 0 Å². The quantitative estimate of drug-likeness (QED) is 0.936. The highest BCUT2D eigenvalue weighted by atomic mass is 16.6. The third kappa shape index (κ3) is 2.88. The third-order valence-electron chi connectivity index (χ3n) is 3.77. The molecule has 3 rings (SSSR count). The molecule has 0 amide bonds. The Morgan fingerprint density at radius 2 is 1.52 bits per heavy atom. The topological polar surface area (TPSA) is 30.5 Å². The van der Waals surface area contributed by atoms with Crippen LogP contribution in [-0.2, 0) is 0 Å². The van der Waals surface area contributed by atoms with Gasteiger partial charge in [0.1, 0.15) is 13.2 Å². The predicted octanol–water partition coefficient (Wildman–Crippen LogP) is 3.38. The van der Waals surface area contributed by atoms with Gasteiger partial charge in [-0.3, -0.25) is 0 Å². The monoisotopic (exact) mass is 283 g/mol. The van der Waals surface area contributed by atoms with Crippen LogP contribution in [-0.4, -0.2) is 20.3 Å². The van der Waals surface area contributed by atoms with Gasteiger partial charge in [0.2, 0.25) is 0 Å². The second-order valence-corrected chi connectivity index (χ2v) is 5.55. The molecule has 1 aliphatic heterocycles. The van der Waals surface area contributed by atoms with Crippen LogP contribution < -0.4 is 14.8 Å². The lowest BCUT2D eigenvalue weighted by molar-refractivity contribution is 0.171. The van der Waals surface area contributed by atoms with Crippen molar-refractivity contribution >= 4 is 0 Å². The van der Waals surface area contributed by atoms with E-state index in [0.717, 1.165) is 11.5 Å². The van der Waals surface area contributed by atoms with Crippen molar-refractivity contribution in [2.45, 2.75) is 19.9 Å². The number of rotatable bonds is 3. The van der Waals surface area contributed by atoms with Gasteiger partial charge >= 0.3 is 0 Å². The number of fused-ring (bicyclic) bond motifs is 1. The first-order valence-electron chi connectivity index (χ1n) is 7.32. The molecule has 1 heterocycles. The van der Waals surface area contributed by atoms with Crippen LogP contribution >= 0.6 is 0 Å². The van der Waals surface area contributed by atoms with Crippen LogP contribution in [0.15, 0.2) is 36.4 Å². The molecule has 2 aromatic rings. The summed E-state index contributed by atoms with van der Waals surface area (Å²) in [6, 6.07) is 13.0. The smallest absolute Gasteiger partial charge is 0.161 e. The number of ether oxygens (including phenoxy) is 2. The minimum Gasteiger partial charge on any atom is -0.486 e. The fourth-order valence-corrected chi connectivity index (χ4v) is 2.94. The maximum Gasteiger partial charge on any atom is 0.161 e. The molecule has 21 heavy (non-hydrogen) atoms. The highest BCUT2D eigenvalue weighted by molar-refractivity contribution is 5.47. The van der Waals surface area contributed by atoms with Crippen LogP contribution in [0.4, 0.5) is 0 Å². The Balaban J connectivity index is 1.99. The van der Waals surface area contributed by atoms with E-state index in [0.29, 0.717) is 13.2 Å². The summed E-state index contributed by atoms with van der Waals surface area (Å²) in [6.07, 6.45) is 0. The fourth-order valence-electron chi connectivity index (χ4n) is 2.94. The Kier molecular flexibility index (Phi) is 3.84. The SMILES string of the molecule is CNC(c1cc(C)cc(C)c1)c1ccc2c(c1)OCCO2. The highest BCUT2D eigenvalue weighted by Crippen LogP contribution is 2.34. The molecule has 3 heteroatoms. The number of hydrogen-bond donors (Lipinski definition) is 1. The number of nitrogens with one attached hydrogen (secondary N) is 1. The maximum atomic E-state index is 5.69. The van der Waals surface area contributed by atoms with Crippen molar-refractivity contribution in [2.24, 2.45) is 0 Å². The summed E-state index contributed by atoms with van der Waals surface area (Å²) in [5, 5.41) is 3.40. The number of aryl methyl sites for hydroxylation is 2. The first kappa shape index (κ1) is 14.0. The average Bonchev–Trinajstić information content (AvgIpc) is 2.47. The zero-order valence-electron chi connectivity index (χ0n) is 12.8. The van der Waals surface area contributed by atoms with Crippen molar-refractivity contribution in [1.29, 1.82) is 0 Å². The van der Waals surface area contributed by atoms with Crippen molar-refractivity contribution in [3.05, 3.63) is 58.7 Å². The minimum absolute atomic E-state index is 0.152. The Labute approximate surface area is 125 Å². The van der Waals surface area contributed by atoms with Gasteiger partial charge in [-0.15, -0.1) is 0 Å². The zero-order chi connectivity index (χ0) is 14.8. The molecule has 0 saturated carbocycles. The number of benzene rings is 2. The molecule has 0 spiro atoms. The van der Waals surface area contributed by atoms with Gasteiger partial charge in [0.25, 0.3) is 0 Å². The second kappa shape index (κ2) is 5.78. The fraction of sp³-hybridized carbons (Fsp3) is 0.333. The molecule has 0 fully saturated rings. The Bertz CT molecular complexity index is 631. The Morgan fingerprint density at radius 1 is 0.857 bits per heavy atom. The molecule has 0 aromatic heterocycles. The zero-order valence-corrected chi connectivity index (χ0v) is 12.8. The van der Waals surface area contributed by atoms with Gasteiger partial charge in [-0.2, -0.15) is 0 Å². The lowest BCUT2D eigenvalue weighted by Gasteiger charge is -2.23. The standard InChI is InChI=1S/C18H21NO2/c1-12-8-13(2)10-15(9-12)18(19-3)14-4-5-16-17(11-14)21-7-6-20-16/h4-5,8-11,18-19H,6-7H2,1-3H3. The predicted molar refractivity (Wildman–Crippen MR) is 84.3 cm³/mol. The van der Waals surface area contributed by atoms with Crippen LogP contribution in [0.2, 0.25) is 0 Å². The first-order chi connectivity index (χ1) is 10.2. The van der Waals surface area contributed by atoms with Crippen molar-refractivity contribution in [1.82, 2.24) is 5.32 Å². The Morgan fingerprint density at radius 3 is 2.19 bits per heavy atom. The van der Waals surface area contributed by atoms with E-state index in [2.05, 4.69) is 49.5 Å². The minimum atomic E-state index is 0.152. The normalized spacial score (nSPS) is 14.8. The first-order valence-corrected chi connectivity index (χ1v) is 7.32. The van der Waals surface area contributed by atoms with Gasteiger partial charge in [-0.1, -0.05) is 35.4 Å². The van der Waals surface area contributed by atoms with Gasteiger partial charge in [0.15, 0.2) is 11.5 Å². The molecule has 0 saturated heterocycles.